The number of benzene rings is 1. The molecule has 1 saturated carbocycles. The third-order valence-electron chi connectivity index (χ3n) is 4.93. The molecule has 4 unspecified atom stereocenters. The lowest BCUT2D eigenvalue weighted by Gasteiger charge is -2.22. The molecular formula is C19H23ClN6O4. The van der Waals surface area contributed by atoms with E-state index in [9.17, 15) is 20.1 Å². The molecule has 30 heavy (non-hydrogen) atoms. The van der Waals surface area contributed by atoms with Gasteiger partial charge in [-0.25, -0.2) is 19.7 Å². The summed E-state index contributed by atoms with van der Waals surface area (Å²) in [6.07, 6.45) is 1.70. The molecule has 11 heteroatoms. The quantitative estimate of drug-likeness (QED) is 0.365. The van der Waals surface area contributed by atoms with E-state index in [2.05, 4.69) is 30.6 Å². The number of aromatic amines is 1. The maximum absolute atomic E-state index is 11.0. The molecule has 10 nitrogen and oxygen atoms in total. The summed E-state index contributed by atoms with van der Waals surface area (Å²) in [5, 5.41) is 34.8. The molecule has 0 radical (unpaired) electrons. The summed E-state index contributed by atoms with van der Waals surface area (Å²) in [5.41, 5.74) is 1.85. The van der Waals surface area contributed by atoms with E-state index in [0.29, 0.717) is 34.8 Å². The minimum Gasteiger partial charge on any atom is -0.390 e. The van der Waals surface area contributed by atoms with Gasteiger partial charge in [-0.1, -0.05) is 23.7 Å². The normalized spacial score (nSPS) is 21.6. The van der Waals surface area contributed by atoms with Crippen LogP contribution in [0, 0.1) is 5.92 Å². The molecule has 0 saturated heterocycles. The van der Waals surface area contributed by atoms with Gasteiger partial charge in [-0.15, -0.1) is 0 Å². The molecular weight excluding hydrogens is 412 g/mol. The maximum atomic E-state index is 11.0. The van der Waals surface area contributed by atoms with E-state index >= 15 is 0 Å². The molecule has 1 fully saturated rings. The Kier molecular flexibility index (Phi) is 7.16. The smallest absolute Gasteiger partial charge is 0.320 e. The highest BCUT2D eigenvalue weighted by Gasteiger charge is 2.38. The van der Waals surface area contributed by atoms with Gasteiger partial charge in [0, 0.05) is 18.0 Å². The van der Waals surface area contributed by atoms with E-state index in [4.69, 9.17) is 11.6 Å². The van der Waals surface area contributed by atoms with Gasteiger partial charge in [0.05, 0.1) is 24.6 Å². The number of fused-ring (bicyclic) bond motifs is 1. The lowest BCUT2D eigenvalue weighted by Crippen LogP contribution is -2.28. The summed E-state index contributed by atoms with van der Waals surface area (Å²) in [6, 6.07) is 6.56. The average Bonchev–Trinajstić information content (AvgIpc) is 3.36. The van der Waals surface area contributed by atoms with Crippen LogP contribution in [0.4, 0.5) is 10.6 Å². The van der Waals surface area contributed by atoms with Crippen LogP contribution in [-0.4, -0.2) is 60.5 Å². The zero-order valence-electron chi connectivity index (χ0n) is 16.2. The lowest BCUT2D eigenvalue weighted by molar-refractivity contribution is -0.0210. The number of imidazole rings is 1. The van der Waals surface area contributed by atoms with Crippen LogP contribution in [0.1, 0.15) is 24.5 Å². The zero-order chi connectivity index (χ0) is 21.7. The molecule has 1 aliphatic rings. The van der Waals surface area contributed by atoms with Gasteiger partial charge >= 0.3 is 6.03 Å². The molecule has 1 aromatic carbocycles. The van der Waals surface area contributed by atoms with Gasteiger partial charge in [-0.2, -0.15) is 0 Å². The molecule has 6 N–H and O–H groups in total. The summed E-state index contributed by atoms with van der Waals surface area (Å²) in [7, 11) is 1.53. The predicted octanol–water partition coefficient (Wildman–Crippen LogP) is 1.61. The van der Waals surface area contributed by atoms with Gasteiger partial charge in [0.2, 0.25) is 0 Å². The molecule has 4 rings (SSSR count). The maximum Gasteiger partial charge on any atom is 0.320 e. The van der Waals surface area contributed by atoms with Crippen molar-refractivity contribution in [1.82, 2.24) is 25.3 Å². The van der Waals surface area contributed by atoms with E-state index in [-0.39, 0.29) is 11.9 Å². The van der Waals surface area contributed by atoms with Crippen molar-refractivity contribution < 1.29 is 20.1 Å². The van der Waals surface area contributed by atoms with Crippen LogP contribution >= 0.6 is 11.6 Å². The molecule has 2 aromatic heterocycles. The van der Waals surface area contributed by atoms with Crippen molar-refractivity contribution in [2.45, 2.75) is 31.2 Å². The third kappa shape index (κ3) is 5.03. The van der Waals surface area contributed by atoms with Crippen LogP contribution in [0.25, 0.3) is 11.2 Å². The van der Waals surface area contributed by atoms with Crippen LogP contribution in [0.3, 0.4) is 0 Å². The highest BCUT2D eigenvalue weighted by molar-refractivity contribution is 6.30. The molecule has 0 spiro atoms. The predicted molar refractivity (Wildman–Crippen MR) is 111 cm³/mol. The fraction of sp³-hybridized carbons (Fsp3) is 0.368. The van der Waals surface area contributed by atoms with Gasteiger partial charge in [0.15, 0.2) is 11.5 Å². The number of H-pyrrole nitrogens is 1. The Morgan fingerprint density at radius 3 is 2.57 bits per heavy atom. The number of carbonyl (C=O) groups is 1. The number of nitrogens with one attached hydrogen (secondary N) is 3. The van der Waals surface area contributed by atoms with Crippen molar-refractivity contribution >= 4 is 34.6 Å². The second-order valence-corrected chi connectivity index (χ2v) is 7.26. The van der Waals surface area contributed by atoms with E-state index in [1.807, 2.05) is 0 Å². The van der Waals surface area contributed by atoms with Gasteiger partial charge in [0.1, 0.15) is 11.8 Å². The van der Waals surface area contributed by atoms with Crippen LogP contribution < -0.4 is 10.6 Å². The molecule has 2 amide bonds. The number of carbonyl (C=O) groups excluding carboxylic acids is 1. The molecule has 1 aliphatic carbocycles. The second-order valence-electron chi connectivity index (χ2n) is 6.82. The first-order chi connectivity index (χ1) is 14.4. The van der Waals surface area contributed by atoms with Crippen molar-refractivity contribution in [3.8, 4) is 0 Å². The van der Waals surface area contributed by atoms with Gasteiger partial charge in [-0.05, 0) is 30.5 Å². The standard InChI is InChI=1S/C12H15ClO3.C7H8N6O/c13-8-3-1-7(2-4-8)11(15)9-5-6-10(14)12(9)16;1-8-7(14)13-6-4-5(10-2-9-4)11-3-12-6/h1-4,9-12,14-16H,5-6H2;2-3H,1H3,(H3,8,9,10,11,12,13,14). The number of hydrogen-bond acceptors (Lipinski definition) is 7. The Labute approximate surface area is 177 Å². The summed E-state index contributed by atoms with van der Waals surface area (Å²) in [6.45, 7) is 0. The van der Waals surface area contributed by atoms with Crippen LogP contribution in [-0.2, 0) is 0 Å². The second kappa shape index (κ2) is 9.81. The van der Waals surface area contributed by atoms with E-state index in [1.54, 1.807) is 24.3 Å². The Morgan fingerprint density at radius 2 is 1.93 bits per heavy atom. The highest BCUT2D eigenvalue weighted by atomic mass is 35.5. The SMILES string of the molecule is CNC(=O)Nc1ncnc2nc[nH]c12.OC1CCC(C(O)c2ccc(Cl)cc2)C1O. The third-order valence-corrected chi connectivity index (χ3v) is 5.18. The number of aliphatic hydroxyl groups excluding tert-OH is 3. The lowest BCUT2D eigenvalue weighted by atomic mass is 9.92. The number of amides is 2. The van der Waals surface area contributed by atoms with E-state index < -0.39 is 18.3 Å². The summed E-state index contributed by atoms with van der Waals surface area (Å²) in [5.74, 6) is 0.114. The Balaban J connectivity index is 0.000000172. The van der Waals surface area contributed by atoms with Crippen LogP contribution in [0.2, 0.25) is 5.02 Å². The van der Waals surface area contributed by atoms with Crippen LogP contribution in [0.5, 0.6) is 0 Å². The van der Waals surface area contributed by atoms with Gasteiger partial charge < -0.3 is 25.6 Å². The molecule has 4 atom stereocenters. The minimum atomic E-state index is -0.842. The number of halogens is 1. The topological polar surface area (TPSA) is 156 Å². The number of hydrogen-bond donors (Lipinski definition) is 6. The van der Waals surface area contributed by atoms with Gasteiger partial charge in [0.25, 0.3) is 0 Å². The largest absolute Gasteiger partial charge is 0.390 e. The monoisotopic (exact) mass is 434 g/mol. The first-order valence-electron chi connectivity index (χ1n) is 9.33. The fourth-order valence-electron chi connectivity index (χ4n) is 3.27. The molecule has 0 aliphatic heterocycles. The average molecular weight is 435 g/mol. The summed E-state index contributed by atoms with van der Waals surface area (Å²) < 4.78 is 0. The molecule has 160 valence electrons. The first-order valence-corrected chi connectivity index (χ1v) is 9.71. The Morgan fingerprint density at radius 1 is 1.20 bits per heavy atom. The summed E-state index contributed by atoms with van der Waals surface area (Å²) >= 11 is 5.76. The fourth-order valence-corrected chi connectivity index (χ4v) is 3.40. The number of anilines is 1. The minimum absolute atomic E-state index is 0.295. The number of rotatable bonds is 3. The van der Waals surface area contributed by atoms with Crippen molar-refractivity contribution in [3.05, 3.63) is 47.5 Å². The number of urea groups is 1. The molecule has 3 aromatic rings. The molecule has 2 heterocycles. The zero-order valence-corrected chi connectivity index (χ0v) is 16.9. The Bertz CT molecular complexity index is 983. The molecule has 0 bridgehead atoms. The number of aliphatic hydroxyl groups is 3. The van der Waals surface area contributed by atoms with Crippen molar-refractivity contribution in [2.24, 2.45) is 5.92 Å². The van der Waals surface area contributed by atoms with Crippen LogP contribution in [0.15, 0.2) is 36.9 Å². The van der Waals surface area contributed by atoms with Gasteiger partial charge in [-0.3, -0.25) is 5.32 Å². The highest BCUT2D eigenvalue weighted by Crippen LogP contribution is 2.36. The first kappa shape index (κ1) is 21.9. The Hall–Kier alpha value is -2.79. The van der Waals surface area contributed by atoms with E-state index in [1.165, 1.54) is 19.7 Å². The van der Waals surface area contributed by atoms with Crippen molar-refractivity contribution in [3.63, 3.8) is 0 Å². The number of aromatic nitrogens is 4. The van der Waals surface area contributed by atoms with Crippen molar-refractivity contribution in [1.29, 1.82) is 0 Å². The number of nitrogens with zero attached hydrogens (tertiary/aromatic N) is 3. The summed E-state index contributed by atoms with van der Waals surface area (Å²) in [4.78, 5) is 25.6. The van der Waals surface area contributed by atoms with E-state index in [0.717, 1.165) is 5.56 Å². The van der Waals surface area contributed by atoms with Crippen molar-refractivity contribution in [2.75, 3.05) is 12.4 Å².